The van der Waals surface area contributed by atoms with E-state index in [0.29, 0.717) is 26.3 Å². The summed E-state index contributed by atoms with van der Waals surface area (Å²) in [4.78, 5) is 18.6. The van der Waals surface area contributed by atoms with Gasteiger partial charge in [0, 0.05) is 42.5 Å². The number of aryl methyl sites for hydroxylation is 1. The van der Waals surface area contributed by atoms with Crippen LogP contribution in [0.15, 0.2) is 36.5 Å². The smallest absolute Gasteiger partial charge is 0.318 e. The summed E-state index contributed by atoms with van der Waals surface area (Å²) in [7, 11) is 0. The van der Waals surface area contributed by atoms with Crippen LogP contribution < -0.4 is 5.32 Å². The van der Waals surface area contributed by atoms with Crippen molar-refractivity contribution in [2.24, 2.45) is 0 Å². The predicted octanol–water partition coefficient (Wildman–Crippen LogP) is 2.34. The van der Waals surface area contributed by atoms with Crippen LogP contribution in [-0.2, 0) is 4.74 Å². The number of rotatable bonds is 3. The predicted molar refractivity (Wildman–Crippen MR) is 102 cm³/mol. The monoisotopic (exact) mass is 367 g/mol. The van der Waals surface area contributed by atoms with Crippen LogP contribution in [0.5, 0.6) is 0 Å². The highest BCUT2D eigenvalue weighted by molar-refractivity contribution is 5.75. The molecule has 1 aliphatic carbocycles. The van der Waals surface area contributed by atoms with Crippen molar-refractivity contribution in [2.45, 2.75) is 32.2 Å². The van der Waals surface area contributed by atoms with Gasteiger partial charge < -0.3 is 15.0 Å². The van der Waals surface area contributed by atoms with Gasteiger partial charge in [-0.15, -0.1) is 0 Å². The van der Waals surface area contributed by atoms with E-state index in [2.05, 4.69) is 29.4 Å². The molecule has 27 heavy (non-hydrogen) atoms. The summed E-state index contributed by atoms with van der Waals surface area (Å²) >= 11 is 0. The van der Waals surface area contributed by atoms with Gasteiger partial charge in [-0.2, -0.15) is 5.10 Å². The summed E-state index contributed by atoms with van der Waals surface area (Å²) < 4.78 is 7.21. The number of carbonyl (C=O) groups is 1. The number of ether oxygens (including phenoxy) is 1. The second kappa shape index (κ2) is 7.52. The molecule has 2 aliphatic rings. The van der Waals surface area contributed by atoms with E-state index >= 15 is 0 Å². The van der Waals surface area contributed by atoms with Gasteiger partial charge in [-0.25, -0.2) is 14.5 Å². The van der Waals surface area contributed by atoms with Gasteiger partial charge in [0.05, 0.1) is 18.9 Å². The van der Waals surface area contributed by atoms with Crippen molar-refractivity contribution >= 4 is 6.03 Å². The molecule has 142 valence electrons. The summed E-state index contributed by atoms with van der Waals surface area (Å²) in [5.41, 5.74) is 3.33. The van der Waals surface area contributed by atoms with Crippen molar-refractivity contribution < 1.29 is 9.53 Å². The Kier molecular flexibility index (Phi) is 4.94. The Morgan fingerprint density at radius 3 is 2.78 bits per heavy atom. The Morgan fingerprint density at radius 1 is 1.22 bits per heavy atom. The van der Waals surface area contributed by atoms with Gasteiger partial charge in [-0.1, -0.05) is 18.2 Å². The van der Waals surface area contributed by atoms with Crippen molar-refractivity contribution in [1.29, 1.82) is 0 Å². The zero-order chi connectivity index (χ0) is 18.8. The lowest BCUT2D eigenvalue weighted by Crippen LogP contribution is -2.48. The molecule has 3 heterocycles. The number of pyridine rings is 1. The third kappa shape index (κ3) is 3.60. The van der Waals surface area contributed by atoms with E-state index in [9.17, 15) is 4.79 Å². The number of morpholine rings is 1. The van der Waals surface area contributed by atoms with Gasteiger partial charge in [0.1, 0.15) is 0 Å². The van der Waals surface area contributed by atoms with Crippen LogP contribution in [0.3, 0.4) is 0 Å². The molecule has 2 atom stereocenters. The molecule has 0 spiro atoms. The minimum atomic E-state index is -0.00813. The molecule has 1 fully saturated rings. The molecule has 2 amide bonds. The molecule has 1 N–H and O–H groups in total. The highest BCUT2D eigenvalue weighted by Crippen LogP contribution is 2.33. The highest BCUT2D eigenvalue weighted by Gasteiger charge is 2.28. The van der Waals surface area contributed by atoms with Crippen LogP contribution in [-0.4, -0.2) is 58.0 Å². The minimum Gasteiger partial charge on any atom is -0.378 e. The maximum atomic E-state index is 12.4. The Morgan fingerprint density at radius 2 is 2.04 bits per heavy atom. The molecular formula is C20H25N5O2. The Balaban J connectivity index is 1.46. The summed E-state index contributed by atoms with van der Waals surface area (Å²) in [6.45, 7) is 6.65. The number of carbonyl (C=O) groups excluding carboxylic acids is 1. The zero-order valence-electron chi connectivity index (χ0n) is 15.8. The summed E-state index contributed by atoms with van der Waals surface area (Å²) in [6.07, 6.45) is 6.91. The molecule has 7 nitrogen and oxygen atoms in total. The molecule has 0 unspecified atom stereocenters. The topological polar surface area (TPSA) is 72.3 Å². The normalized spacial score (nSPS) is 22.2. The van der Waals surface area contributed by atoms with E-state index in [-0.39, 0.29) is 18.0 Å². The standard InChI is InChI=1S/C20H25N5O2/c1-14-19(15(2)25(23-14)18-5-3-4-8-21-18)16-6-7-17(13-16)22-20(26)24-9-11-27-12-10-24/h3-8,16-17H,9-13H2,1-2H3,(H,22,26)/t16-,17+/m0/s1. The van der Waals surface area contributed by atoms with Crippen molar-refractivity contribution in [3.05, 3.63) is 53.5 Å². The summed E-state index contributed by atoms with van der Waals surface area (Å²) in [5, 5.41) is 7.83. The maximum Gasteiger partial charge on any atom is 0.318 e. The molecule has 0 saturated carbocycles. The number of nitrogens with one attached hydrogen (secondary N) is 1. The number of hydrogen-bond acceptors (Lipinski definition) is 4. The van der Waals surface area contributed by atoms with E-state index < -0.39 is 0 Å². The molecule has 7 heteroatoms. The van der Waals surface area contributed by atoms with Crippen LogP contribution in [0.2, 0.25) is 0 Å². The lowest BCUT2D eigenvalue weighted by atomic mass is 9.96. The zero-order valence-corrected chi connectivity index (χ0v) is 15.8. The van der Waals surface area contributed by atoms with Crippen molar-refractivity contribution in [1.82, 2.24) is 25.0 Å². The first-order valence-corrected chi connectivity index (χ1v) is 9.42. The second-order valence-electron chi connectivity index (χ2n) is 7.07. The quantitative estimate of drug-likeness (QED) is 0.845. The van der Waals surface area contributed by atoms with E-state index in [1.165, 1.54) is 5.56 Å². The van der Waals surface area contributed by atoms with Crippen LogP contribution >= 0.6 is 0 Å². The molecule has 2 aromatic heterocycles. The first kappa shape index (κ1) is 17.7. The minimum absolute atomic E-state index is 0.00813. The third-order valence-electron chi connectivity index (χ3n) is 5.28. The Bertz CT molecular complexity index is 840. The number of allylic oxidation sites excluding steroid dienone is 1. The molecule has 4 rings (SSSR count). The molecule has 1 saturated heterocycles. The van der Waals surface area contributed by atoms with Gasteiger partial charge in [-0.3, -0.25) is 0 Å². The van der Waals surface area contributed by atoms with Crippen molar-refractivity contribution in [3.63, 3.8) is 0 Å². The largest absolute Gasteiger partial charge is 0.378 e. The lowest BCUT2D eigenvalue weighted by Gasteiger charge is -2.28. The number of hydrogen-bond donors (Lipinski definition) is 1. The third-order valence-corrected chi connectivity index (χ3v) is 5.28. The van der Waals surface area contributed by atoms with Gasteiger partial charge in [-0.05, 0) is 32.4 Å². The molecule has 0 bridgehead atoms. The fourth-order valence-electron chi connectivity index (χ4n) is 3.93. The lowest BCUT2D eigenvalue weighted by molar-refractivity contribution is 0.0528. The van der Waals surface area contributed by atoms with Crippen molar-refractivity contribution in [2.75, 3.05) is 26.3 Å². The first-order valence-electron chi connectivity index (χ1n) is 9.42. The molecule has 0 aromatic carbocycles. The van der Waals surface area contributed by atoms with Gasteiger partial charge in [0.25, 0.3) is 0 Å². The van der Waals surface area contributed by atoms with Crippen molar-refractivity contribution in [3.8, 4) is 5.82 Å². The Hall–Kier alpha value is -2.67. The first-order chi connectivity index (χ1) is 13.1. The van der Waals surface area contributed by atoms with Crippen LogP contribution in [0, 0.1) is 13.8 Å². The molecule has 1 aliphatic heterocycles. The van der Waals surface area contributed by atoms with E-state index in [4.69, 9.17) is 9.84 Å². The molecule has 2 aromatic rings. The van der Waals surface area contributed by atoms with Crippen LogP contribution in [0.1, 0.15) is 29.3 Å². The second-order valence-corrected chi connectivity index (χ2v) is 7.07. The van der Waals surface area contributed by atoms with E-state index in [0.717, 1.165) is 23.6 Å². The number of aromatic nitrogens is 3. The SMILES string of the molecule is Cc1nn(-c2ccccn2)c(C)c1[C@H]1C=C[C@@H](NC(=O)N2CCOCC2)C1. The fraction of sp³-hybridized carbons (Fsp3) is 0.450. The maximum absolute atomic E-state index is 12.4. The molecular weight excluding hydrogens is 342 g/mol. The fourth-order valence-corrected chi connectivity index (χ4v) is 3.93. The Labute approximate surface area is 159 Å². The van der Waals surface area contributed by atoms with Crippen LogP contribution in [0.4, 0.5) is 4.79 Å². The van der Waals surface area contributed by atoms with Gasteiger partial charge >= 0.3 is 6.03 Å². The number of amides is 2. The van der Waals surface area contributed by atoms with Gasteiger partial charge in [0.2, 0.25) is 0 Å². The van der Waals surface area contributed by atoms with E-state index in [1.54, 1.807) is 6.20 Å². The summed E-state index contributed by atoms with van der Waals surface area (Å²) in [5.74, 6) is 1.07. The molecule has 0 radical (unpaired) electrons. The van der Waals surface area contributed by atoms with Gasteiger partial charge in [0.15, 0.2) is 5.82 Å². The summed E-state index contributed by atoms with van der Waals surface area (Å²) in [6, 6.07) is 5.86. The average Bonchev–Trinajstić information content (AvgIpc) is 3.26. The number of urea groups is 1. The van der Waals surface area contributed by atoms with Crippen LogP contribution in [0.25, 0.3) is 5.82 Å². The average molecular weight is 367 g/mol. The van der Waals surface area contributed by atoms with E-state index in [1.807, 2.05) is 34.7 Å². The highest BCUT2D eigenvalue weighted by atomic mass is 16.5. The number of nitrogens with zero attached hydrogens (tertiary/aromatic N) is 4.